The molecule has 0 unspecified atom stereocenters. The first kappa shape index (κ1) is 32.5. The van der Waals surface area contributed by atoms with E-state index in [-0.39, 0.29) is 17.7 Å². The highest BCUT2D eigenvalue weighted by Gasteiger charge is 2.59. The van der Waals surface area contributed by atoms with Gasteiger partial charge in [0.2, 0.25) is 0 Å². The molecule has 7 nitrogen and oxygen atoms in total. The molecule has 4 N–H and O–H groups in total. The zero-order valence-electron chi connectivity index (χ0n) is 20.4. The van der Waals surface area contributed by atoms with Crippen molar-refractivity contribution >= 4 is 15.5 Å². The molecule has 0 aromatic heterocycles. The fraction of sp³-hybridized carbons (Fsp3) is 0.478. The average Bonchev–Trinajstić information content (AvgIpc) is 2.78. The molecule has 1 saturated heterocycles. The topological polar surface area (TPSA) is 111 Å². The number of hydrogen-bond donors (Lipinski definition) is 3. The van der Waals surface area contributed by atoms with Crippen molar-refractivity contribution in [2.24, 2.45) is 5.92 Å². The molecule has 1 aliphatic rings. The highest BCUT2D eigenvalue weighted by atomic mass is 32.2. The van der Waals surface area contributed by atoms with Gasteiger partial charge in [0.25, 0.3) is 6.10 Å². The standard InChI is InChI=1S/C23H22F10N2O5S/c24-15-6-12(7-17(18(15)34)39-20(21(25,26)27)22(28,29)30)4-13-9-41(37,38)10-16(19(13)36)35-8-11-2-1-3-14(5-11)40-23(31,32)33/h1-3,5-7,13,16,19-20,35-36H,4,8-10,34H2/t13-,16+,19+/m1/s1. The van der Waals surface area contributed by atoms with Crippen molar-refractivity contribution in [2.45, 2.75) is 49.9 Å². The first-order chi connectivity index (χ1) is 18.6. The molecule has 0 spiro atoms. The molecule has 230 valence electrons. The van der Waals surface area contributed by atoms with Crippen LogP contribution in [0, 0.1) is 11.7 Å². The van der Waals surface area contributed by atoms with Crippen LogP contribution in [0.2, 0.25) is 0 Å². The molecule has 2 aromatic carbocycles. The van der Waals surface area contributed by atoms with E-state index < -0.39 is 93.7 Å². The molecule has 0 aliphatic carbocycles. The second kappa shape index (κ2) is 11.7. The number of nitrogens with two attached hydrogens (primary N) is 1. The Labute approximate surface area is 226 Å². The first-order valence-electron chi connectivity index (χ1n) is 11.5. The fourth-order valence-corrected chi connectivity index (χ4v) is 6.23. The number of rotatable bonds is 8. The molecule has 1 aliphatic heterocycles. The third-order valence-corrected chi connectivity index (χ3v) is 7.79. The normalized spacial score (nSPS) is 21.6. The summed E-state index contributed by atoms with van der Waals surface area (Å²) in [5, 5.41) is 13.5. The Morgan fingerprint density at radius 1 is 0.976 bits per heavy atom. The van der Waals surface area contributed by atoms with Crippen molar-refractivity contribution in [1.29, 1.82) is 0 Å². The third-order valence-electron chi connectivity index (χ3n) is 5.99. The van der Waals surface area contributed by atoms with Crippen LogP contribution in [0.5, 0.6) is 11.5 Å². The maximum absolute atomic E-state index is 14.4. The van der Waals surface area contributed by atoms with Crippen LogP contribution in [-0.4, -0.2) is 62.0 Å². The zero-order chi connectivity index (χ0) is 31.0. The molecule has 3 atom stereocenters. The number of nitrogen functional groups attached to an aromatic ring is 1. The van der Waals surface area contributed by atoms with Crippen molar-refractivity contribution < 1.29 is 66.9 Å². The highest BCUT2D eigenvalue weighted by molar-refractivity contribution is 7.91. The number of alkyl halides is 9. The van der Waals surface area contributed by atoms with Crippen LogP contribution in [-0.2, 0) is 22.8 Å². The van der Waals surface area contributed by atoms with Crippen molar-refractivity contribution in [2.75, 3.05) is 17.2 Å². The largest absolute Gasteiger partial charge is 0.573 e. The molecule has 2 aromatic rings. The molecule has 0 saturated carbocycles. The highest BCUT2D eigenvalue weighted by Crippen LogP contribution is 2.39. The Morgan fingerprint density at radius 3 is 2.20 bits per heavy atom. The van der Waals surface area contributed by atoms with Gasteiger partial charge in [-0.15, -0.1) is 13.2 Å². The van der Waals surface area contributed by atoms with E-state index in [1.165, 1.54) is 12.1 Å². The second-order valence-corrected chi connectivity index (χ2v) is 11.4. The summed E-state index contributed by atoms with van der Waals surface area (Å²) >= 11 is 0. The van der Waals surface area contributed by atoms with Crippen LogP contribution in [0.25, 0.3) is 0 Å². The van der Waals surface area contributed by atoms with Gasteiger partial charge in [-0.05, 0) is 41.8 Å². The number of sulfone groups is 1. The van der Waals surface area contributed by atoms with Crippen molar-refractivity contribution in [3.8, 4) is 11.5 Å². The SMILES string of the molecule is Nc1c(F)cc(C[C@@H]2CS(=O)(=O)C[C@H](NCc3cccc(OC(F)(F)F)c3)[C@H]2O)cc1OC(C(F)(F)F)C(F)(F)F. The van der Waals surface area contributed by atoms with Gasteiger partial charge in [-0.3, -0.25) is 0 Å². The molecular weight excluding hydrogens is 606 g/mol. The van der Waals surface area contributed by atoms with E-state index in [1.807, 2.05) is 0 Å². The lowest BCUT2D eigenvalue weighted by atomic mass is 9.91. The Morgan fingerprint density at radius 2 is 1.61 bits per heavy atom. The number of halogens is 10. The van der Waals surface area contributed by atoms with Gasteiger partial charge in [-0.2, -0.15) is 26.3 Å². The number of aliphatic hydroxyl groups is 1. The lowest BCUT2D eigenvalue weighted by Gasteiger charge is -2.35. The summed E-state index contributed by atoms with van der Waals surface area (Å²) in [7, 11) is -3.90. The van der Waals surface area contributed by atoms with Crippen LogP contribution in [0.1, 0.15) is 11.1 Å². The third kappa shape index (κ3) is 9.00. The maximum Gasteiger partial charge on any atom is 0.573 e. The summed E-state index contributed by atoms with van der Waals surface area (Å²) in [6, 6.07) is 4.74. The summed E-state index contributed by atoms with van der Waals surface area (Å²) in [6.45, 7) is -0.218. The monoisotopic (exact) mass is 628 g/mol. The molecule has 1 fully saturated rings. The first-order valence-corrected chi connectivity index (χ1v) is 13.3. The van der Waals surface area contributed by atoms with E-state index in [0.717, 1.165) is 12.1 Å². The summed E-state index contributed by atoms with van der Waals surface area (Å²) in [6.07, 6.45) is -23.2. The zero-order valence-corrected chi connectivity index (χ0v) is 21.3. The molecule has 41 heavy (non-hydrogen) atoms. The van der Waals surface area contributed by atoms with Crippen LogP contribution in [0.15, 0.2) is 36.4 Å². The number of nitrogens with one attached hydrogen (secondary N) is 1. The number of aliphatic hydroxyl groups excluding tert-OH is 1. The van der Waals surface area contributed by atoms with Crippen LogP contribution in [0.4, 0.5) is 49.6 Å². The smallest absolute Gasteiger partial charge is 0.469 e. The lowest BCUT2D eigenvalue weighted by molar-refractivity contribution is -0.299. The molecule has 18 heteroatoms. The number of anilines is 1. The molecule has 0 amide bonds. The number of hydrogen-bond acceptors (Lipinski definition) is 7. The van der Waals surface area contributed by atoms with Crippen molar-refractivity contribution in [3.05, 3.63) is 53.3 Å². The van der Waals surface area contributed by atoms with Gasteiger partial charge in [0, 0.05) is 18.5 Å². The van der Waals surface area contributed by atoms with Gasteiger partial charge in [0.1, 0.15) is 23.0 Å². The number of benzene rings is 2. The molecule has 0 bridgehead atoms. The lowest BCUT2D eigenvalue weighted by Crippen LogP contribution is -2.54. The summed E-state index contributed by atoms with van der Waals surface area (Å²) in [5.74, 6) is -5.77. The Kier molecular flexibility index (Phi) is 9.29. The van der Waals surface area contributed by atoms with E-state index in [2.05, 4.69) is 14.8 Å². The minimum absolute atomic E-state index is 0.218. The minimum Gasteiger partial charge on any atom is -0.469 e. The molecule has 0 radical (unpaired) electrons. The molecular formula is C23H22F10N2O5S. The van der Waals surface area contributed by atoms with Gasteiger partial charge in [-0.25, -0.2) is 12.8 Å². The molecule has 3 rings (SSSR count). The van der Waals surface area contributed by atoms with Crippen LogP contribution < -0.4 is 20.5 Å². The van der Waals surface area contributed by atoms with Gasteiger partial charge in [0.05, 0.1) is 17.6 Å². The summed E-state index contributed by atoms with van der Waals surface area (Å²) in [4.78, 5) is 0. The second-order valence-electron chi connectivity index (χ2n) is 9.28. The quantitative estimate of drug-likeness (QED) is 0.296. The predicted octanol–water partition coefficient (Wildman–Crippen LogP) is 4.28. The van der Waals surface area contributed by atoms with E-state index in [0.29, 0.717) is 12.1 Å². The minimum atomic E-state index is -5.93. The van der Waals surface area contributed by atoms with Gasteiger partial charge < -0.3 is 25.6 Å². The van der Waals surface area contributed by atoms with Crippen molar-refractivity contribution in [1.82, 2.24) is 5.32 Å². The van der Waals surface area contributed by atoms with Gasteiger partial charge in [-0.1, -0.05) is 12.1 Å². The summed E-state index contributed by atoms with van der Waals surface area (Å²) in [5.41, 5.74) is 4.05. The van der Waals surface area contributed by atoms with E-state index in [1.54, 1.807) is 0 Å². The molecule has 1 heterocycles. The van der Waals surface area contributed by atoms with E-state index in [4.69, 9.17) is 5.73 Å². The average molecular weight is 628 g/mol. The summed E-state index contributed by atoms with van der Waals surface area (Å²) < 4.78 is 162. The Bertz CT molecular complexity index is 1320. The Hall–Kier alpha value is -2.99. The predicted molar refractivity (Wildman–Crippen MR) is 123 cm³/mol. The van der Waals surface area contributed by atoms with Crippen molar-refractivity contribution in [3.63, 3.8) is 0 Å². The van der Waals surface area contributed by atoms with E-state index in [9.17, 15) is 57.4 Å². The maximum atomic E-state index is 14.4. The Balaban J connectivity index is 1.80. The van der Waals surface area contributed by atoms with Crippen LogP contribution >= 0.6 is 0 Å². The fourth-order valence-electron chi connectivity index (χ4n) is 4.26. The van der Waals surface area contributed by atoms with Gasteiger partial charge >= 0.3 is 18.7 Å². The number of ether oxygens (including phenoxy) is 2. The van der Waals surface area contributed by atoms with Crippen LogP contribution in [0.3, 0.4) is 0 Å². The van der Waals surface area contributed by atoms with Gasteiger partial charge in [0.15, 0.2) is 9.84 Å². The van der Waals surface area contributed by atoms with E-state index >= 15 is 0 Å².